The fourth-order valence-corrected chi connectivity index (χ4v) is 3.12. The number of esters is 1. The van der Waals surface area contributed by atoms with Crippen molar-refractivity contribution in [3.63, 3.8) is 0 Å². The van der Waals surface area contributed by atoms with Crippen LogP contribution >= 0.6 is 0 Å². The van der Waals surface area contributed by atoms with Crippen molar-refractivity contribution in [3.8, 4) is 0 Å². The van der Waals surface area contributed by atoms with Gasteiger partial charge in [-0.2, -0.15) is 0 Å². The second-order valence-electron chi connectivity index (χ2n) is 4.90. The third-order valence-electron chi connectivity index (χ3n) is 3.78. The first-order chi connectivity index (χ1) is 8.03. The number of ether oxygens (including phenoxy) is 1. The number of carbonyl (C=O) groups excluding carboxylic acids is 1. The van der Waals surface area contributed by atoms with E-state index in [-0.39, 0.29) is 5.92 Å². The van der Waals surface area contributed by atoms with Crippen molar-refractivity contribution in [3.05, 3.63) is 35.4 Å². The molecule has 1 heterocycles. The molecule has 1 aliphatic heterocycles. The van der Waals surface area contributed by atoms with Gasteiger partial charge in [0.15, 0.2) is 5.92 Å². The molecule has 1 saturated heterocycles. The summed E-state index contributed by atoms with van der Waals surface area (Å²) in [5.41, 5.74) is 1.33. The molecular weight excluding hydrogens is 220 g/mol. The van der Waals surface area contributed by atoms with Gasteiger partial charge in [0.25, 0.3) is 0 Å². The van der Waals surface area contributed by atoms with E-state index >= 15 is 0 Å². The maximum absolute atomic E-state index is 11.6. The molecule has 2 aliphatic rings. The van der Waals surface area contributed by atoms with Crippen LogP contribution in [0, 0.1) is 5.92 Å². The highest BCUT2D eigenvalue weighted by Crippen LogP contribution is 2.52. The molecule has 3 rings (SSSR count). The molecule has 0 amide bonds. The van der Waals surface area contributed by atoms with E-state index in [1.165, 1.54) is 0 Å². The summed E-state index contributed by atoms with van der Waals surface area (Å²) in [6, 6.07) is 7.64. The molecular formula is C13H12O4. The van der Waals surface area contributed by atoms with Crippen LogP contribution in [0.25, 0.3) is 0 Å². The predicted octanol–water partition coefficient (Wildman–Crippen LogP) is 1.34. The Morgan fingerprint density at radius 3 is 2.88 bits per heavy atom. The van der Waals surface area contributed by atoms with E-state index in [0.29, 0.717) is 6.42 Å². The van der Waals surface area contributed by atoms with Gasteiger partial charge in [0, 0.05) is 12.3 Å². The van der Waals surface area contributed by atoms with Crippen LogP contribution in [0.5, 0.6) is 0 Å². The van der Waals surface area contributed by atoms with Gasteiger partial charge in [-0.15, -0.1) is 0 Å². The molecule has 1 aliphatic carbocycles. The Morgan fingerprint density at radius 2 is 2.18 bits per heavy atom. The van der Waals surface area contributed by atoms with Crippen LogP contribution in [0.2, 0.25) is 0 Å². The molecule has 1 fully saturated rings. The Bertz CT molecular complexity index is 522. The van der Waals surface area contributed by atoms with E-state index in [4.69, 9.17) is 9.84 Å². The number of fused-ring (bicyclic) bond motifs is 3. The molecule has 1 aromatic carbocycles. The summed E-state index contributed by atoms with van der Waals surface area (Å²) in [5.74, 6) is -3.13. The fourth-order valence-electron chi connectivity index (χ4n) is 3.12. The Kier molecular flexibility index (Phi) is 1.88. The smallest absolute Gasteiger partial charge is 0.321 e. The number of carbonyl (C=O) groups is 2. The van der Waals surface area contributed by atoms with Crippen LogP contribution in [0.3, 0.4) is 0 Å². The number of carboxylic acid groups (broad SMARTS) is 1. The summed E-state index contributed by atoms with van der Waals surface area (Å²) in [7, 11) is 0. The average Bonchev–Trinajstić information content (AvgIpc) is 2.64. The van der Waals surface area contributed by atoms with E-state index < -0.39 is 23.5 Å². The zero-order valence-corrected chi connectivity index (χ0v) is 9.34. The topological polar surface area (TPSA) is 63.6 Å². The molecule has 4 nitrogen and oxygen atoms in total. The molecule has 4 heteroatoms. The van der Waals surface area contributed by atoms with Gasteiger partial charge in [-0.25, -0.2) is 0 Å². The first-order valence-electron chi connectivity index (χ1n) is 5.56. The molecule has 88 valence electrons. The van der Waals surface area contributed by atoms with Crippen LogP contribution < -0.4 is 0 Å². The lowest BCUT2D eigenvalue weighted by atomic mass is 9.82. The van der Waals surface area contributed by atoms with Crippen molar-refractivity contribution in [1.82, 2.24) is 0 Å². The number of rotatable bonds is 1. The van der Waals surface area contributed by atoms with Crippen molar-refractivity contribution >= 4 is 11.9 Å². The van der Waals surface area contributed by atoms with Crippen molar-refractivity contribution in [2.75, 3.05) is 0 Å². The van der Waals surface area contributed by atoms with E-state index in [1.54, 1.807) is 0 Å². The lowest BCUT2D eigenvalue weighted by Crippen LogP contribution is -2.30. The number of hydrogen-bond donors (Lipinski definition) is 1. The Morgan fingerprint density at radius 1 is 1.47 bits per heavy atom. The number of aliphatic carboxylic acids is 1. The molecule has 0 aromatic heterocycles. The molecule has 17 heavy (non-hydrogen) atoms. The van der Waals surface area contributed by atoms with Gasteiger partial charge in [-0.1, -0.05) is 24.3 Å². The van der Waals surface area contributed by atoms with Gasteiger partial charge in [-0.05, 0) is 18.1 Å². The SMILES string of the molecule is C[C@]12Cc3ccccc3[C@H]1[C@H](C(=O)O)C(=O)O2. The zero-order chi connectivity index (χ0) is 12.2. The highest BCUT2D eigenvalue weighted by molar-refractivity contribution is 5.97. The second kappa shape index (κ2) is 3.09. The maximum Gasteiger partial charge on any atom is 0.321 e. The highest BCUT2D eigenvalue weighted by atomic mass is 16.6. The fraction of sp³-hybridized carbons (Fsp3) is 0.385. The summed E-state index contributed by atoms with van der Waals surface area (Å²) in [6.45, 7) is 1.82. The van der Waals surface area contributed by atoms with Crippen molar-refractivity contribution in [2.24, 2.45) is 5.92 Å². The minimum atomic E-state index is -1.10. The summed E-state index contributed by atoms with van der Waals surface area (Å²) >= 11 is 0. The largest absolute Gasteiger partial charge is 0.481 e. The average molecular weight is 232 g/mol. The zero-order valence-electron chi connectivity index (χ0n) is 9.34. The molecule has 1 N–H and O–H groups in total. The molecule has 0 saturated carbocycles. The van der Waals surface area contributed by atoms with E-state index in [0.717, 1.165) is 11.1 Å². The first-order valence-corrected chi connectivity index (χ1v) is 5.56. The molecule has 1 aromatic rings. The monoisotopic (exact) mass is 232 g/mol. The lowest BCUT2D eigenvalue weighted by Gasteiger charge is -2.22. The maximum atomic E-state index is 11.6. The minimum absolute atomic E-state index is 0.358. The molecule has 0 spiro atoms. The molecule has 3 atom stereocenters. The van der Waals surface area contributed by atoms with Gasteiger partial charge in [-0.3, -0.25) is 9.59 Å². The van der Waals surface area contributed by atoms with Gasteiger partial charge in [0.1, 0.15) is 5.60 Å². The predicted molar refractivity (Wildman–Crippen MR) is 58.5 cm³/mol. The van der Waals surface area contributed by atoms with Crippen LogP contribution in [-0.4, -0.2) is 22.6 Å². The number of carboxylic acids is 1. The lowest BCUT2D eigenvalue weighted by molar-refractivity contribution is -0.155. The van der Waals surface area contributed by atoms with E-state index in [1.807, 2.05) is 31.2 Å². The summed E-state index contributed by atoms with van der Waals surface area (Å²) < 4.78 is 5.31. The normalized spacial score (nSPS) is 34.1. The van der Waals surface area contributed by atoms with E-state index in [9.17, 15) is 9.59 Å². The molecule has 0 bridgehead atoms. The Labute approximate surface area is 98.2 Å². The van der Waals surface area contributed by atoms with Gasteiger partial charge in [0.2, 0.25) is 0 Å². The molecule has 0 unspecified atom stereocenters. The second-order valence-corrected chi connectivity index (χ2v) is 4.90. The van der Waals surface area contributed by atoms with Crippen LogP contribution in [0.4, 0.5) is 0 Å². The van der Waals surface area contributed by atoms with Crippen LogP contribution in [0.15, 0.2) is 24.3 Å². The standard InChI is InChI=1S/C13H12O4/c1-13-6-7-4-2-3-5-8(7)10(13)9(11(14)15)12(16)17-13/h2-5,9-10H,6H2,1H3,(H,14,15)/t9-,10+,13+/m1/s1. The quantitative estimate of drug-likeness (QED) is 0.586. The minimum Gasteiger partial charge on any atom is -0.481 e. The Balaban J connectivity index is 2.15. The first kappa shape index (κ1) is 10.3. The van der Waals surface area contributed by atoms with Gasteiger partial charge < -0.3 is 9.84 Å². The highest BCUT2D eigenvalue weighted by Gasteiger charge is 2.60. The van der Waals surface area contributed by atoms with Crippen molar-refractivity contribution < 1.29 is 19.4 Å². The number of hydrogen-bond acceptors (Lipinski definition) is 3. The van der Waals surface area contributed by atoms with Crippen molar-refractivity contribution in [2.45, 2.75) is 24.9 Å². The number of benzene rings is 1. The van der Waals surface area contributed by atoms with Gasteiger partial charge >= 0.3 is 11.9 Å². The third kappa shape index (κ3) is 1.24. The Hall–Kier alpha value is -1.84. The summed E-state index contributed by atoms with van der Waals surface area (Å²) in [4.78, 5) is 22.8. The van der Waals surface area contributed by atoms with E-state index in [2.05, 4.69) is 0 Å². The van der Waals surface area contributed by atoms with Gasteiger partial charge in [0.05, 0.1) is 0 Å². The van der Waals surface area contributed by atoms with Crippen molar-refractivity contribution in [1.29, 1.82) is 0 Å². The third-order valence-corrected chi connectivity index (χ3v) is 3.78. The molecule has 0 radical (unpaired) electrons. The van der Waals surface area contributed by atoms with Crippen LogP contribution in [-0.2, 0) is 20.7 Å². The summed E-state index contributed by atoms with van der Waals surface area (Å²) in [6.07, 6.45) is 0.601. The van der Waals surface area contributed by atoms with Crippen LogP contribution in [0.1, 0.15) is 24.0 Å². The summed E-state index contributed by atoms with van der Waals surface area (Å²) in [5, 5.41) is 9.17.